The molecule has 20 heavy (non-hydrogen) atoms. The number of hydrogen-bond acceptors (Lipinski definition) is 5. The standard InChI is InChI=1S/C12H15ClN6O/c1-14-11(20)8-3-2-4-18(6-8)10-5-9(13)17-12-15-7-16-19(10)12/h5,7-8H,2-4,6H2,1H3,(H,14,20). The van der Waals surface area contributed by atoms with Crippen LogP contribution in [0.15, 0.2) is 12.4 Å². The van der Waals surface area contributed by atoms with E-state index in [-0.39, 0.29) is 11.8 Å². The molecule has 3 rings (SSSR count). The maximum absolute atomic E-state index is 11.8. The molecule has 8 heteroatoms. The van der Waals surface area contributed by atoms with Gasteiger partial charge in [0.05, 0.1) is 5.92 Å². The van der Waals surface area contributed by atoms with Crippen molar-refractivity contribution in [3.63, 3.8) is 0 Å². The number of anilines is 1. The summed E-state index contributed by atoms with van der Waals surface area (Å²) in [7, 11) is 1.67. The molecule has 1 amide bonds. The first-order valence-electron chi connectivity index (χ1n) is 6.52. The number of halogens is 1. The SMILES string of the molecule is CNC(=O)C1CCCN(c2cc(Cl)nc3ncnn23)C1. The Morgan fingerprint density at radius 3 is 3.20 bits per heavy atom. The summed E-state index contributed by atoms with van der Waals surface area (Å²) in [4.78, 5) is 22.1. The Bertz CT molecular complexity index is 642. The Balaban J connectivity index is 1.94. The van der Waals surface area contributed by atoms with Crippen molar-refractivity contribution in [1.82, 2.24) is 24.9 Å². The number of carbonyl (C=O) groups excluding carboxylic acids is 1. The highest BCUT2D eigenvalue weighted by molar-refractivity contribution is 6.29. The van der Waals surface area contributed by atoms with Crippen molar-refractivity contribution in [2.24, 2.45) is 5.92 Å². The topological polar surface area (TPSA) is 75.4 Å². The highest BCUT2D eigenvalue weighted by Gasteiger charge is 2.26. The first-order chi connectivity index (χ1) is 9.69. The number of hydrogen-bond donors (Lipinski definition) is 1. The van der Waals surface area contributed by atoms with Gasteiger partial charge in [-0.2, -0.15) is 19.6 Å². The third kappa shape index (κ3) is 2.29. The van der Waals surface area contributed by atoms with Crippen LogP contribution in [-0.4, -0.2) is 45.6 Å². The molecular formula is C12H15ClN6O. The fourth-order valence-corrected chi connectivity index (χ4v) is 2.77. The van der Waals surface area contributed by atoms with Gasteiger partial charge in [0.15, 0.2) is 0 Å². The van der Waals surface area contributed by atoms with Gasteiger partial charge < -0.3 is 10.2 Å². The smallest absolute Gasteiger partial charge is 0.255 e. The summed E-state index contributed by atoms with van der Waals surface area (Å²) in [6, 6.07) is 1.76. The van der Waals surface area contributed by atoms with E-state index in [0.29, 0.717) is 17.5 Å². The minimum Gasteiger partial charge on any atom is -0.359 e. The summed E-state index contributed by atoms with van der Waals surface area (Å²) in [6.07, 6.45) is 3.30. The highest BCUT2D eigenvalue weighted by Crippen LogP contribution is 2.25. The number of aromatic nitrogens is 4. The minimum absolute atomic E-state index is 0.0146. The summed E-state index contributed by atoms with van der Waals surface area (Å²) in [5, 5.41) is 7.26. The van der Waals surface area contributed by atoms with Crippen LogP contribution in [0.5, 0.6) is 0 Å². The third-order valence-corrected chi connectivity index (χ3v) is 3.76. The van der Waals surface area contributed by atoms with Crippen molar-refractivity contribution in [1.29, 1.82) is 0 Å². The van der Waals surface area contributed by atoms with Gasteiger partial charge >= 0.3 is 0 Å². The fourth-order valence-electron chi connectivity index (χ4n) is 2.60. The first kappa shape index (κ1) is 13.1. The van der Waals surface area contributed by atoms with E-state index in [9.17, 15) is 4.79 Å². The van der Waals surface area contributed by atoms with E-state index in [1.807, 2.05) is 0 Å². The lowest BCUT2D eigenvalue weighted by Gasteiger charge is -2.33. The summed E-state index contributed by atoms with van der Waals surface area (Å²) >= 11 is 6.03. The molecule has 0 aromatic carbocycles. The van der Waals surface area contributed by atoms with Crippen LogP contribution in [0.2, 0.25) is 5.15 Å². The second kappa shape index (κ2) is 5.24. The van der Waals surface area contributed by atoms with Gasteiger partial charge in [0.2, 0.25) is 5.91 Å². The minimum atomic E-state index is -0.0146. The predicted octanol–water partition coefficient (Wildman–Crippen LogP) is 0.740. The Labute approximate surface area is 121 Å². The molecule has 0 radical (unpaired) electrons. The zero-order valence-electron chi connectivity index (χ0n) is 11.1. The average Bonchev–Trinajstić information content (AvgIpc) is 2.93. The zero-order chi connectivity index (χ0) is 14.1. The van der Waals surface area contributed by atoms with Crippen LogP contribution in [0.25, 0.3) is 5.78 Å². The van der Waals surface area contributed by atoms with Crippen molar-refractivity contribution >= 4 is 29.1 Å². The molecule has 3 heterocycles. The number of nitrogens with one attached hydrogen (secondary N) is 1. The number of fused-ring (bicyclic) bond motifs is 1. The zero-order valence-corrected chi connectivity index (χ0v) is 11.8. The molecule has 0 saturated carbocycles. The lowest BCUT2D eigenvalue weighted by Crippen LogP contribution is -2.42. The quantitative estimate of drug-likeness (QED) is 0.827. The van der Waals surface area contributed by atoms with Crippen molar-refractivity contribution < 1.29 is 4.79 Å². The van der Waals surface area contributed by atoms with Gasteiger partial charge in [-0.3, -0.25) is 4.79 Å². The fraction of sp³-hybridized carbons (Fsp3) is 0.500. The summed E-state index contributed by atoms with van der Waals surface area (Å²) in [5.74, 6) is 1.35. The number of amides is 1. The molecule has 1 saturated heterocycles. The largest absolute Gasteiger partial charge is 0.359 e. The highest BCUT2D eigenvalue weighted by atomic mass is 35.5. The molecule has 0 bridgehead atoms. The van der Waals surface area contributed by atoms with Crippen LogP contribution in [-0.2, 0) is 4.79 Å². The number of piperidine rings is 1. The molecule has 1 aliphatic rings. The van der Waals surface area contributed by atoms with Crippen LogP contribution >= 0.6 is 11.6 Å². The molecule has 7 nitrogen and oxygen atoms in total. The molecule has 2 aromatic rings. The Hall–Kier alpha value is -1.89. The van der Waals surface area contributed by atoms with E-state index in [1.165, 1.54) is 6.33 Å². The summed E-state index contributed by atoms with van der Waals surface area (Å²) in [6.45, 7) is 1.51. The van der Waals surface area contributed by atoms with Gasteiger partial charge in [-0.15, -0.1) is 0 Å². The third-order valence-electron chi connectivity index (χ3n) is 3.56. The van der Waals surface area contributed by atoms with Crippen LogP contribution in [0.3, 0.4) is 0 Å². The van der Waals surface area contributed by atoms with E-state index in [1.54, 1.807) is 17.6 Å². The Kier molecular flexibility index (Phi) is 3.43. The van der Waals surface area contributed by atoms with Gasteiger partial charge in [-0.25, -0.2) is 0 Å². The maximum Gasteiger partial charge on any atom is 0.255 e. The molecule has 106 valence electrons. The molecule has 1 unspecified atom stereocenters. The van der Waals surface area contributed by atoms with Gasteiger partial charge in [-0.1, -0.05) is 11.6 Å². The van der Waals surface area contributed by atoms with Gasteiger partial charge in [0, 0.05) is 26.2 Å². The average molecular weight is 295 g/mol. The van der Waals surface area contributed by atoms with E-state index in [0.717, 1.165) is 25.2 Å². The lowest BCUT2D eigenvalue weighted by molar-refractivity contribution is -0.124. The van der Waals surface area contributed by atoms with Crippen LogP contribution in [0.1, 0.15) is 12.8 Å². The Morgan fingerprint density at radius 1 is 1.55 bits per heavy atom. The number of rotatable bonds is 2. The van der Waals surface area contributed by atoms with Crippen molar-refractivity contribution in [2.75, 3.05) is 25.0 Å². The molecule has 1 aliphatic heterocycles. The van der Waals surface area contributed by atoms with Gasteiger partial charge in [0.1, 0.15) is 17.3 Å². The first-order valence-corrected chi connectivity index (χ1v) is 6.89. The van der Waals surface area contributed by atoms with Crippen LogP contribution in [0, 0.1) is 5.92 Å². The van der Waals surface area contributed by atoms with Gasteiger partial charge in [-0.05, 0) is 12.8 Å². The summed E-state index contributed by atoms with van der Waals surface area (Å²) < 4.78 is 1.65. The van der Waals surface area contributed by atoms with Crippen molar-refractivity contribution in [2.45, 2.75) is 12.8 Å². The van der Waals surface area contributed by atoms with E-state index in [2.05, 4.69) is 25.3 Å². The molecule has 2 aromatic heterocycles. The second-order valence-corrected chi connectivity index (χ2v) is 5.20. The van der Waals surface area contributed by atoms with E-state index >= 15 is 0 Å². The molecule has 0 aliphatic carbocycles. The lowest BCUT2D eigenvalue weighted by atomic mass is 9.97. The second-order valence-electron chi connectivity index (χ2n) is 4.81. The van der Waals surface area contributed by atoms with E-state index < -0.39 is 0 Å². The molecule has 1 N–H and O–H groups in total. The van der Waals surface area contributed by atoms with Crippen LogP contribution in [0.4, 0.5) is 5.82 Å². The van der Waals surface area contributed by atoms with Crippen molar-refractivity contribution in [3.05, 3.63) is 17.5 Å². The van der Waals surface area contributed by atoms with Gasteiger partial charge in [0.25, 0.3) is 5.78 Å². The molecule has 1 atom stereocenters. The Morgan fingerprint density at radius 2 is 2.40 bits per heavy atom. The van der Waals surface area contributed by atoms with Crippen molar-refractivity contribution in [3.8, 4) is 0 Å². The predicted molar refractivity (Wildman–Crippen MR) is 74.8 cm³/mol. The maximum atomic E-state index is 11.8. The summed E-state index contributed by atoms with van der Waals surface area (Å²) in [5.41, 5.74) is 0. The van der Waals surface area contributed by atoms with Crippen LogP contribution < -0.4 is 10.2 Å². The number of nitrogens with zero attached hydrogens (tertiary/aromatic N) is 5. The van der Waals surface area contributed by atoms with E-state index in [4.69, 9.17) is 11.6 Å². The molecule has 0 spiro atoms. The monoisotopic (exact) mass is 294 g/mol. The molecule has 1 fully saturated rings. The normalized spacial score (nSPS) is 19.3. The molecular weight excluding hydrogens is 280 g/mol. The number of carbonyl (C=O) groups is 1.